The molecule has 4 nitrogen and oxygen atoms in total. The number of thiophene rings is 2. The lowest BCUT2D eigenvalue weighted by Crippen LogP contribution is -2.27. The monoisotopic (exact) mass is 399 g/mol. The Labute approximate surface area is 168 Å². The number of nitrogens with one attached hydrogen (secondary N) is 1. The maximum atomic E-state index is 12.6. The topological polar surface area (TPSA) is 56.1 Å². The molecule has 2 aromatic rings. The van der Waals surface area contributed by atoms with E-state index in [-0.39, 0.29) is 5.91 Å². The van der Waals surface area contributed by atoms with Gasteiger partial charge in [-0.3, -0.25) is 9.69 Å². The van der Waals surface area contributed by atoms with Crippen molar-refractivity contribution < 1.29 is 4.79 Å². The minimum atomic E-state index is 0.0275. The van der Waals surface area contributed by atoms with Crippen molar-refractivity contribution in [1.29, 1.82) is 5.26 Å². The molecule has 142 valence electrons. The van der Waals surface area contributed by atoms with Gasteiger partial charge in [0.25, 0.3) is 0 Å². The van der Waals surface area contributed by atoms with Gasteiger partial charge in [0.2, 0.25) is 5.91 Å². The number of nitrogens with zero attached hydrogens (tertiary/aromatic N) is 2. The number of carbonyl (C=O) groups is 1. The SMILES string of the molecule is N#Cc1c(NC(=O)CCN2CCCC2c2cccs2)sc2c1CCCCC2. The van der Waals surface area contributed by atoms with E-state index >= 15 is 0 Å². The third-order valence-corrected chi connectivity index (χ3v) is 7.83. The Bertz CT molecular complexity index is 834. The fraction of sp³-hybridized carbons (Fsp3) is 0.524. The smallest absolute Gasteiger partial charge is 0.226 e. The molecule has 0 aromatic carbocycles. The van der Waals surface area contributed by atoms with Gasteiger partial charge >= 0.3 is 0 Å². The van der Waals surface area contributed by atoms with Crippen LogP contribution in [0.4, 0.5) is 5.00 Å². The number of aryl methyl sites for hydroxylation is 1. The van der Waals surface area contributed by atoms with E-state index in [1.165, 1.54) is 41.0 Å². The van der Waals surface area contributed by atoms with Gasteiger partial charge in [0.15, 0.2) is 0 Å². The first-order chi connectivity index (χ1) is 13.3. The predicted molar refractivity (Wildman–Crippen MR) is 111 cm³/mol. The first-order valence-electron chi connectivity index (χ1n) is 9.88. The number of amides is 1. The second-order valence-electron chi connectivity index (χ2n) is 7.39. The van der Waals surface area contributed by atoms with Crippen LogP contribution in [-0.4, -0.2) is 23.9 Å². The van der Waals surface area contributed by atoms with Gasteiger partial charge < -0.3 is 5.32 Å². The van der Waals surface area contributed by atoms with E-state index in [1.54, 1.807) is 22.7 Å². The van der Waals surface area contributed by atoms with Crippen LogP contribution in [0.25, 0.3) is 0 Å². The Morgan fingerprint density at radius 1 is 1.30 bits per heavy atom. The summed E-state index contributed by atoms with van der Waals surface area (Å²) in [6.45, 7) is 1.84. The van der Waals surface area contributed by atoms with Crippen LogP contribution in [0.1, 0.15) is 65.4 Å². The molecule has 3 heterocycles. The highest BCUT2D eigenvalue weighted by Gasteiger charge is 2.27. The summed E-state index contributed by atoms with van der Waals surface area (Å²) in [4.78, 5) is 17.7. The molecule has 1 aliphatic carbocycles. The number of fused-ring (bicyclic) bond motifs is 1. The summed E-state index contributed by atoms with van der Waals surface area (Å²) in [5, 5.41) is 15.6. The molecule has 4 rings (SSSR count). The van der Waals surface area contributed by atoms with E-state index < -0.39 is 0 Å². The van der Waals surface area contributed by atoms with Crippen LogP contribution in [0.2, 0.25) is 0 Å². The summed E-state index contributed by atoms with van der Waals surface area (Å²) in [5.41, 5.74) is 1.90. The van der Waals surface area contributed by atoms with Crippen LogP contribution in [0.5, 0.6) is 0 Å². The fourth-order valence-electron chi connectivity index (χ4n) is 4.28. The largest absolute Gasteiger partial charge is 0.317 e. The molecule has 2 aromatic heterocycles. The Morgan fingerprint density at radius 2 is 2.19 bits per heavy atom. The second kappa shape index (κ2) is 8.55. The van der Waals surface area contributed by atoms with Crippen LogP contribution in [0, 0.1) is 11.3 Å². The van der Waals surface area contributed by atoms with Crippen LogP contribution in [0.15, 0.2) is 17.5 Å². The van der Waals surface area contributed by atoms with E-state index in [0.29, 0.717) is 18.0 Å². The lowest BCUT2D eigenvalue weighted by atomic mass is 10.1. The third kappa shape index (κ3) is 4.11. The highest BCUT2D eigenvalue weighted by atomic mass is 32.1. The zero-order valence-corrected chi connectivity index (χ0v) is 17.1. The Hall–Kier alpha value is -1.68. The standard InChI is InChI=1S/C21H25N3OS2/c22-14-16-15-6-2-1-3-8-18(15)27-21(16)23-20(25)10-12-24-11-4-7-17(24)19-9-5-13-26-19/h5,9,13,17H,1-4,6-8,10-12H2,(H,23,25). The minimum absolute atomic E-state index is 0.0275. The van der Waals surface area contributed by atoms with E-state index in [2.05, 4.69) is 33.8 Å². The van der Waals surface area contributed by atoms with Gasteiger partial charge in [0.05, 0.1) is 5.56 Å². The number of rotatable bonds is 5. The van der Waals surface area contributed by atoms with Crippen molar-refractivity contribution in [3.8, 4) is 6.07 Å². The lowest BCUT2D eigenvalue weighted by molar-refractivity contribution is -0.116. The minimum Gasteiger partial charge on any atom is -0.317 e. The van der Waals surface area contributed by atoms with Gasteiger partial charge in [-0.25, -0.2) is 0 Å². The zero-order valence-electron chi connectivity index (χ0n) is 15.5. The molecule has 1 aliphatic heterocycles. The molecule has 27 heavy (non-hydrogen) atoms. The molecule has 0 spiro atoms. The van der Waals surface area contributed by atoms with E-state index in [0.717, 1.165) is 37.4 Å². The third-order valence-electron chi connectivity index (χ3n) is 5.65. The van der Waals surface area contributed by atoms with Gasteiger partial charge in [-0.1, -0.05) is 12.5 Å². The Morgan fingerprint density at radius 3 is 3.00 bits per heavy atom. The Kier molecular flexibility index (Phi) is 5.92. The summed E-state index contributed by atoms with van der Waals surface area (Å²) in [6.07, 6.45) is 8.43. The Balaban J connectivity index is 1.38. The summed E-state index contributed by atoms with van der Waals surface area (Å²) in [6, 6.07) is 7.11. The molecule has 1 unspecified atom stereocenters. The highest BCUT2D eigenvalue weighted by Crippen LogP contribution is 2.37. The van der Waals surface area contributed by atoms with E-state index in [1.807, 2.05) is 0 Å². The number of nitriles is 1. The van der Waals surface area contributed by atoms with Gasteiger partial charge in [-0.15, -0.1) is 22.7 Å². The molecule has 0 radical (unpaired) electrons. The van der Waals surface area contributed by atoms with Crippen molar-refractivity contribution in [2.75, 3.05) is 18.4 Å². The van der Waals surface area contributed by atoms with Crippen LogP contribution >= 0.6 is 22.7 Å². The van der Waals surface area contributed by atoms with Gasteiger partial charge in [0.1, 0.15) is 11.1 Å². The molecule has 0 saturated carbocycles. The normalized spacial score (nSPS) is 20.0. The summed E-state index contributed by atoms with van der Waals surface area (Å²) in [5.74, 6) is 0.0275. The molecule has 1 saturated heterocycles. The summed E-state index contributed by atoms with van der Waals surface area (Å²) >= 11 is 3.42. The average Bonchev–Trinajstić information content (AvgIpc) is 3.37. The number of likely N-dealkylation sites (tertiary alicyclic amines) is 1. The maximum absolute atomic E-state index is 12.6. The molecule has 1 atom stereocenters. The second-order valence-corrected chi connectivity index (χ2v) is 9.47. The summed E-state index contributed by atoms with van der Waals surface area (Å²) < 4.78 is 0. The predicted octanol–water partition coefficient (Wildman–Crippen LogP) is 5.12. The van der Waals surface area contributed by atoms with Crippen LogP contribution < -0.4 is 5.32 Å². The molecule has 1 amide bonds. The number of anilines is 1. The van der Waals surface area contributed by atoms with Crippen molar-refractivity contribution in [3.05, 3.63) is 38.4 Å². The quantitative estimate of drug-likeness (QED) is 0.710. The molecule has 1 fully saturated rings. The van der Waals surface area contributed by atoms with Crippen molar-refractivity contribution in [2.24, 2.45) is 0 Å². The van der Waals surface area contributed by atoms with Gasteiger partial charge in [-0.05, 0) is 62.1 Å². The van der Waals surface area contributed by atoms with Crippen molar-refractivity contribution in [2.45, 2.75) is 57.4 Å². The molecular formula is C21H25N3OS2. The van der Waals surface area contributed by atoms with Crippen LogP contribution in [0.3, 0.4) is 0 Å². The van der Waals surface area contributed by atoms with Gasteiger partial charge in [0, 0.05) is 28.8 Å². The lowest BCUT2D eigenvalue weighted by Gasteiger charge is -2.23. The fourth-order valence-corrected chi connectivity index (χ4v) is 6.43. The van der Waals surface area contributed by atoms with Gasteiger partial charge in [-0.2, -0.15) is 5.26 Å². The molecule has 6 heteroatoms. The van der Waals surface area contributed by atoms with E-state index in [9.17, 15) is 10.1 Å². The van der Waals surface area contributed by atoms with Crippen LogP contribution in [-0.2, 0) is 17.6 Å². The van der Waals surface area contributed by atoms with E-state index in [4.69, 9.17) is 0 Å². The van der Waals surface area contributed by atoms with Crippen molar-refractivity contribution >= 4 is 33.6 Å². The summed E-state index contributed by atoms with van der Waals surface area (Å²) in [7, 11) is 0. The highest BCUT2D eigenvalue weighted by molar-refractivity contribution is 7.16. The van der Waals surface area contributed by atoms with Crippen molar-refractivity contribution in [3.63, 3.8) is 0 Å². The number of hydrogen-bond donors (Lipinski definition) is 1. The molecule has 2 aliphatic rings. The first-order valence-corrected chi connectivity index (χ1v) is 11.6. The van der Waals surface area contributed by atoms with Crippen molar-refractivity contribution in [1.82, 2.24) is 4.90 Å². The molecule has 1 N–H and O–H groups in total. The maximum Gasteiger partial charge on any atom is 0.226 e. The molecule has 0 bridgehead atoms. The average molecular weight is 400 g/mol. The zero-order chi connectivity index (χ0) is 18.6. The number of carbonyl (C=O) groups excluding carboxylic acids is 1. The number of hydrogen-bond acceptors (Lipinski definition) is 5. The first kappa shape index (κ1) is 18.7. The molecular weight excluding hydrogens is 374 g/mol.